The summed E-state index contributed by atoms with van der Waals surface area (Å²) in [5.41, 5.74) is -0.417. The predicted molar refractivity (Wildman–Crippen MR) is 124 cm³/mol. The number of nitriles is 2. The first-order valence-electron chi connectivity index (χ1n) is 11.4. The molecule has 2 fully saturated rings. The van der Waals surface area contributed by atoms with Gasteiger partial charge in [0.15, 0.2) is 0 Å². The molecule has 230 valence electrons. The molecule has 0 aliphatic carbocycles. The quantitative estimate of drug-likeness (QED) is 0.123. The Bertz CT molecular complexity index is 1450. The van der Waals surface area contributed by atoms with Crippen LogP contribution in [0.15, 0.2) is 45.4 Å². The van der Waals surface area contributed by atoms with Gasteiger partial charge in [-0.2, -0.15) is 41.2 Å². The Labute approximate surface area is 273 Å². The van der Waals surface area contributed by atoms with Crippen LogP contribution in [0.25, 0.3) is 0 Å². The van der Waals surface area contributed by atoms with Crippen molar-refractivity contribution >= 4 is 20.4 Å². The van der Waals surface area contributed by atoms with Crippen molar-refractivity contribution in [2.75, 3.05) is 23.0 Å². The van der Waals surface area contributed by atoms with E-state index >= 15 is 0 Å². The van der Waals surface area contributed by atoms with E-state index in [4.69, 9.17) is 24.3 Å². The number of hydrogen-bond acceptors (Lipinski definition) is 11. The van der Waals surface area contributed by atoms with Crippen molar-refractivity contribution in [3.05, 3.63) is 59.2 Å². The Hall–Kier alpha value is -1.47. The number of pyridine rings is 2. The minimum atomic E-state index is -5.94. The zero-order valence-electron chi connectivity index (χ0n) is 22.0. The summed E-state index contributed by atoms with van der Waals surface area (Å²) in [6.45, 7) is 0. The third kappa shape index (κ3) is 14.0. The molecular weight excluding hydrogens is 756 g/mol. The third-order valence-corrected chi connectivity index (χ3v) is 9.86. The molecule has 4 heterocycles. The number of hydrogen-bond donors (Lipinski definition) is 0. The van der Waals surface area contributed by atoms with Crippen LogP contribution < -0.4 is 63.4 Å². The Balaban J connectivity index is 0.000000365. The Kier molecular flexibility index (Phi) is 15.4. The fourth-order valence-corrected chi connectivity index (χ4v) is 7.89. The molecule has 11 nitrogen and oxygen atoms in total. The molecular formula is C22H20F6IN6NaO5S2. The van der Waals surface area contributed by atoms with Gasteiger partial charge in [-0.3, -0.25) is 23.7 Å². The van der Waals surface area contributed by atoms with E-state index in [1.807, 2.05) is 0 Å². The van der Waals surface area contributed by atoms with E-state index in [1.165, 1.54) is 24.5 Å². The van der Waals surface area contributed by atoms with E-state index in [1.54, 1.807) is 6.19 Å². The van der Waals surface area contributed by atoms with Gasteiger partial charge >= 0.3 is 41.9 Å². The molecule has 4 unspecified atom stereocenters. The fraction of sp³-hybridized carbons (Fsp3) is 0.455. The van der Waals surface area contributed by atoms with Crippen molar-refractivity contribution in [2.45, 2.75) is 37.0 Å². The molecule has 21 heteroatoms. The van der Waals surface area contributed by atoms with E-state index in [9.17, 15) is 30.6 Å². The van der Waals surface area contributed by atoms with E-state index in [-0.39, 0.29) is 57.8 Å². The van der Waals surface area contributed by atoms with Crippen LogP contribution in [-0.4, -0.2) is 37.2 Å². The molecule has 0 radical (unpaired) electrons. The fourth-order valence-electron chi connectivity index (χ4n) is 3.94. The largest absolute Gasteiger partial charge is 1.00 e. The zero-order valence-corrected chi connectivity index (χ0v) is 27.8. The van der Waals surface area contributed by atoms with E-state index in [0.717, 1.165) is 41.8 Å². The molecule has 0 amide bonds. The van der Waals surface area contributed by atoms with Gasteiger partial charge in [0.1, 0.15) is 31.5 Å². The maximum Gasteiger partial charge on any atom is 1.00 e. The second kappa shape index (κ2) is 16.7. The van der Waals surface area contributed by atoms with Crippen molar-refractivity contribution in [1.82, 2.24) is 9.97 Å². The van der Waals surface area contributed by atoms with Gasteiger partial charge in [0.25, 0.3) is 0 Å². The number of halogens is 7. The molecule has 2 aromatic rings. The number of nitrogens with zero attached hydrogens (tertiary/aromatic N) is 6. The van der Waals surface area contributed by atoms with Crippen molar-refractivity contribution < 1.29 is 93.9 Å². The van der Waals surface area contributed by atoms with Crippen LogP contribution >= 0.6 is 0 Å². The molecule has 4 atom stereocenters. The first-order valence-corrected chi connectivity index (χ1v) is 18.3. The second-order valence-electron chi connectivity index (χ2n) is 8.66. The Morgan fingerprint density at radius 3 is 1.77 bits per heavy atom. The molecule has 0 N–H and O–H groups in total. The monoisotopic (exact) mass is 776 g/mol. The standard InChI is InChI=1S/C11H10F3N3OS.C11H10F3N3S.IO4.Na/c12-11(13,14)10-2-1-8(5-16-10)9-3-4-19(18,6-9)17-7-15;12-11(13,14)10-2-1-8(5-16-10)9-3-4-18(6-9)17-7-15;2-1(3,4)5;/h1-2,5,9H,3-4,6H2;1-2,5,9H,3-4,6H2;;/q;;-1;+1. The first kappa shape index (κ1) is 39.6. The maximum absolute atomic E-state index is 12.4. The van der Waals surface area contributed by atoms with Crippen molar-refractivity contribution in [3.8, 4) is 12.4 Å². The van der Waals surface area contributed by atoms with Crippen LogP contribution in [-0.2, 0) is 32.8 Å². The molecule has 2 aliphatic rings. The molecule has 0 spiro atoms. The van der Waals surface area contributed by atoms with Gasteiger partial charge in [-0.1, -0.05) is 22.8 Å². The Morgan fingerprint density at radius 2 is 1.37 bits per heavy atom. The summed E-state index contributed by atoms with van der Waals surface area (Å²) in [4.78, 5) is 6.82. The topological polar surface area (TPSA) is 207 Å². The van der Waals surface area contributed by atoms with Crippen molar-refractivity contribution in [2.24, 2.45) is 8.73 Å². The smallest absolute Gasteiger partial charge is 0.286 e. The van der Waals surface area contributed by atoms with Crippen LogP contribution in [0.2, 0.25) is 0 Å². The van der Waals surface area contributed by atoms with Crippen LogP contribution in [0.5, 0.6) is 0 Å². The van der Waals surface area contributed by atoms with Gasteiger partial charge in [-0.15, -0.1) is 4.36 Å². The average molecular weight is 776 g/mol. The van der Waals surface area contributed by atoms with Crippen LogP contribution in [0.4, 0.5) is 26.3 Å². The minimum Gasteiger partial charge on any atom is -0.286 e. The molecule has 2 aromatic heterocycles. The summed E-state index contributed by atoms with van der Waals surface area (Å²) in [5.74, 6) is 2.08. The predicted octanol–water partition coefficient (Wildman–Crippen LogP) is -5.34. The van der Waals surface area contributed by atoms with Gasteiger partial charge in [0.2, 0.25) is 12.4 Å². The molecule has 4 rings (SSSR count). The number of aromatic nitrogens is 2. The molecule has 2 saturated heterocycles. The average Bonchev–Trinajstić information content (AvgIpc) is 3.50. The first-order chi connectivity index (χ1) is 19.3. The zero-order chi connectivity index (χ0) is 31.8. The summed E-state index contributed by atoms with van der Waals surface area (Å²) in [6, 6.07) is 4.74. The maximum atomic E-state index is 12.4. The van der Waals surface area contributed by atoms with Crippen molar-refractivity contribution in [3.63, 3.8) is 0 Å². The Morgan fingerprint density at radius 1 is 0.884 bits per heavy atom. The van der Waals surface area contributed by atoms with Gasteiger partial charge in [0, 0.05) is 35.4 Å². The number of alkyl halides is 6. The van der Waals surface area contributed by atoms with Crippen LogP contribution in [0, 0.1) is 22.9 Å². The van der Waals surface area contributed by atoms with Crippen molar-refractivity contribution in [1.29, 1.82) is 10.5 Å². The summed E-state index contributed by atoms with van der Waals surface area (Å²) < 4.78 is 128. The molecule has 0 aromatic carbocycles. The SMILES string of the molecule is N#CN=S1(=O)CCC(c2ccc(C(F)(F)F)nc2)C1.N#CN=S1CCC(c2ccc(C(F)(F)F)nc2)C1.[Na+].[O-][I+3]([O-])([O-])[O-]. The van der Waals surface area contributed by atoms with Gasteiger partial charge in [-0.25, -0.2) is 4.21 Å². The molecule has 0 saturated carbocycles. The summed E-state index contributed by atoms with van der Waals surface area (Å²) in [7, 11) is -2.79. The summed E-state index contributed by atoms with van der Waals surface area (Å²) >= 11 is -5.94. The van der Waals surface area contributed by atoms with Crippen LogP contribution in [0.3, 0.4) is 0 Å². The third-order valence-electron chi connectivity index (χ3n) is 5.82. The second-order valence-corrected chi connectivity index (χ2v) is 15.1. The molecule has 0 bridgehead atoms. The molecule has 2 aliphatic heterocycles. The van der Waals surface area contributed by atoms with Gasteiger partial charge < -0.3 is 0 Å². The van der Waals surface area contributed by atoms with E-state index in [0.29, 0.717) is 17.7 Å². The normalized spacial score (nSPS) is 23.4. The minimum absolute atomic E-state index is 0. The van der Waals surface area contributed by atoms with Gasteiger partial charge in [0.05, 0.1) is 9.73 Å². The summed E-state index contributed by atoms with van der Waals surface area (Å²) in [6.07, 6.45) is -1.71. The molecule has 43 heavy (non-hydrogen) atoms. The van der Waals surface area contributed by atoms with Gasteiger partial charge in [-0.05, 0) is 47.9 Å². The number of rotatable bonds is 2. The van der Waals surface area contributed by atoms with E-state index < -0.39 is 53.6 Å². The van der Waals surface area contributed by atoms with E-state index in [2.05, 4.69) is 18.7 Å². The van der Waals surface area contributed by atoms with Crippen LogP contribution in [0.1, 0.15) is 47.2 Å². The summed E-state index contributed by atoms with van der Waals surface area (Å²) in [5, 5.41) is 16.9.